The summed E-state index contributed by atoms with van der Waals surface area (Å²) in [6.07, 6.45) is 1.64. The molecule has 2 heterocycles. The van der Waals surface area contributed by atoms with Gasteiger partial charge in [0.25, 0.3) is 11.8 Å². The number of nitrogens with one attached hydrogen (secondary N) is 2. The Hall–Kier alpha value is -2.97. The molecule has 3 aromatic rings. The van der Waals surface area contributed by atoms with Crippen LogP contribution in [0.2, 0.25) is 5.02 Å². The predicted molar refractivity (Wildman–Crippen MR) is 102 cm³/mol. The predicted octanol–water partition coefficient (Wildman–Crippen LogP) is 2.72. The summed E-state index contributed by atoms with van der Waals surface area (Å²) in [5, 5.41) is 4.84. The monoisotopic (exact) mass is 404 g/mol. The molecule has 146 valence electrons. The standard InChI is InChI=1S/C19H18ClFN4O3/c1-25(28-2)19(27)16(7-11-3-5-14(21)6-4-11)24-18(26)15-9-12-8-13(20)10-22-17(12)23-15/h3-6,8-10,16H,7H2,1-2H3,(H,22,23)(H,24,26). The summed E-state index contributed by atoms with van der Waals surface area (Å²) in [6, 6.07) is 8.08. The number of halogens is 2. The van der Waals surface area contributed by atoms with Crippen molar-refractivity contribution >= 4 is 34.4 Å². The third-order valence-corrected chi connectivity index (χ3v) is 4.43. The fraction of sp³-hybridized carbons (Fsp3) is 0.211. The van der Waals surface area contributed by atoms with Crippen LogP contribution in [0.15, 0.2) is 42.6 Å². The van der Waals surface area contributed by atoms with E-state index >= 15 is 0 Å². The number of amides is 2. The molecule has 1 atom stereocenters. The summed E-state index contributed by atoms with van der Waals surface area (Å²) in [7, 11) is 2.79. The van der Waals surface area contributed by atoms with E-state index in [0.29, 0.717) is 21.6 Å². The first kappa shape index (κ1) is 19.8. The van der Waals surface area contributed by atoms with Gasteiger partial charge in [-0.25, -0.2) is 14.4 Å². The van der Waals surface area contributed by atoms with Crippen LogP contribution in [0.4, 0.5) is 4.39 Å². The lowest BCUT2D eigenvalue weighted by molar-refractivity contribution is -0.170. The van der Waals surface area contributed by atoms with Gasteiger partial charge < -0.3 is 10.3 Å². The number of pyridine rings is 1. The van der Waals surface area contributed by atoms with Crippen molar-refractivity contribution in [2.45, 2.75) is 12.5 Å². The fourth-order valence-electron chi connectivity index (χ4n) is 2.71. The minimum Gasteiger partial charge on any atom is -0.339 e. The van der Waals surface area contributed by atoms with Crippen LogP contribution in [0.5, 0.6) is 0 Å². The molecule has 0 aliphatic carbocycles. The largest absolute Gasteiger partial charge is 0.339 e. The van der Waals surface area contributed by atoms with Crippen LogP contribution >= 0.6 is 11.6 Å². The number of carbonyl (C=O) groups excluding carboxylic acids is 2. The molecule has 2 amide bonds. The molecule has 9 heteroatoms. The van der Waals surface area contributed by atoms with E-state index in [1.54, 1.807) is 24.3 Å². The maximum atomic E-state index is 13.1. The zero-order valence-corrected chi connectivity index (χ0v) is 16.0. The first-order valence-corrected chi connectivity index (χ1v) is 8.76. The van der Waals surface area contributed by atoms with Crippen LogP contribution in [0.1, 0.15) is 16.1 Å². The van der Waals surface area contributed by atoms with E-state index in [-0.39, 0.29) is 17.9 Å². The second-order valence-corrected chi connectivity index (χ2v) is 6.59. The number of hydrogen-bond donors (Lipinski definition) is 2. The quantitative estimate of drug-likeness (QED) is 0.618. The Balaban J connectivity index is 1.83. The van der Waals surface area contributed by atoms with E-state index in [4.69, 9.17) is 16.4 Å². The van der Waals surface area contributed by atoms with Gasteiger partial charge >= 0.3 is 0 Å². The Morgan fingerprint density at radius 1 is 1.32 bits per heavy atom. The van der Waals surface area contributed by atoms with Crippen LogP contribution in [-0.2, 0) is 16.1 Å². The molecule has 0 saturated carbocycles. The lowest BCUT2D eigenvalue weighted by Gasteiger charge is -2.22. The molecule has 7 nitrogen and oxygen atoms in total. The zero-order valence-electron chi connectivity index (χ0n) is 15.2. The van der Waals surface area contributed by atoms with E-state index in [2.05, 4.69) is 15.3 Å². The maximum absolute atomic E-state index is 13.1. The van der Waals surface area contributed by atoms with Gasteiger partial charge in [-0.1, -0.05) is 23.7 Å². The van der Waals surface area contributed by atoms with Gasteiger partial charge in [0.15, 0.2) is 0 Å². The Morgan fingerprint density at radius 3 is 2.71 bits per heavy atom. The van der Waals surface area contributed by atoms with Crippen LogP contribution in [0, 0.1) is 5.82 Å². The van der Waals surface area contributed by atoms with Gasteiger partial charge in [0.05, 0.1) is 12.1 Å². The van der Waals surface area contributed by atoms with E-state index in [0.717, 1.165) is 5.06 Å². The summed E-state index contributed by atoms with van der Waals surface area (Å²) in [5.41, 5.74) is 1.43. The minimum absolute atomic E-state index is 0.170. The number of fused-ring (bicyclic) bond motifs is 1. The number of aromatic amines is 1. The minimum atomic E-state index is -0.911. The van der Waals surface area contributed by atoms with Crippen molar-refractivity contribution in [2.24, 2.45) is 0 Å². The average Bonchev–Trinajstić information content (AvgIpc) is 3.11. The highest BCUT2D eigenvalue weighted by atomic mass is 35.5. The topological polar surface area (TPSA) is 87.3 Å². The van der Waals surface area contributed by atoms with Crippen molar-refractivity contribution in [2.75, 3.05) is 14.2 Å². The highest BCUT2D eigenvalue weighted by molar-refractivity contribution is 6.31. The van der Waals surface area contributed by atoms with Crippen LogP contribution in [0.25, 0.3) is 11.0 Å². The lowest BCUT2D eigenvalue weighted by Crippen LogP contribution is -2.48. The van der Waals surface area contributed by atoms with Gasteiger partial charge in [0.2, 0.25) is 0 Å². The molecule has 0 aliphatic rings. The number of benzene rings is 1. The zero-order chi connectivity index (χ0) is 20.3. The molecule has 0 aliphatic heterocycles. The third-order valence-electron chi connectivity index (χ3n) is 4.22. The summed E-state index contributed by atoms with van der Waals surface area (Å²) in [5.74, 6) is -1.31. The Labute approximate surface area is 165 Å². The fourth-order valence-corrected chi connectivity index (χ4v) is 2.88. The Morgan fingerprint density at radius 2 is 2.04 bits per heavy atom. The molecule has 0 saturated heterocycles. The number of aromatic nitrogens is 2. The molecule has 0 fully saturated rings. The molecular formula is C19H18ClFN4O3. The molecule has 0 radical (unpaired) electrons. The number of nitrogens with zero attached hydrogens (tertiary/aromatic N) is 2. The van der Waals surface area contributed by atoms with Gasteiger partial charge in [-0.2, -0.15) is 0 Å². The summed E-state index contributed by atoms with van der Waals surface area (Å²) < 4.78 is 13.1. The molecule has 1 unspecified atom stereocenters. The SMILES string of the molecule is CON(C)C(=O)C(Cc1ccc(F)cc1)NC(=O)c1cc2cc(Cl)cnc2[nH]1. The van der Waals surface area contributed by atoms with E-state index < -0.39 is 17.9 Å². The number of carbonyl (C=O) groups is 2. The van der Waals surface area contributed by atoms with Crippen molar-refractivity contribution in [1.29, 1.82) is 0 Å². The van der Waals surface area contributed by atoms with Gasteiger partial charge in [-0.3, -0.25) is 14.4 Å². The number of rotatable bonds is 6. The highest BCUT2D eigenvalue weighted by Gasteiger charge is 2.26. The molecular weight excluding hydrogens is 387 g/mol. The van der Waals surface area contributed by atoms with E-state index in [1.165, 1.54) is 32.5 Å². The summed E-state index contributed by atoms with van der Waals surface area (Å²) >= 11 is 5.92. The first-order valence-electron chi connectivity index (χ1n) is 8.38. The van der Waals surface area contributed by atoms with Crippen LogP contribution in [0.3, 0.4) is 0 Å². The number of hydroxylamine groups is 2. The molecule has 1 aromatic carbocycles. The van der Waals surface area contributed by atoms with Crippen molar-refractivity contribution in [3.8, 4) is 0 Å². The van der Waals surface area contributed by atoms with Crippen molar-refractivity contribution in [3.63, 3.8) is 0 Å². The summed E-state index contributed by atoms with van der Waals surface area (Å²) in [6.45, 7) is 0. The second-order valence-electron chi connectivity index (χ2n) is 6.15. The van der Waals surface area contributed by atoms with Crippen molar-refractivity contribution in [3.05, 3.63) is 64.7 Å². The molecule has 0 spiro atoms. The first-order chi connectivity index (χ1) is 13.4. The van der Waals surface area contributed by atoms with Gasteiger partial charge in [-0.15, -0.1) is 0 Å². The Bertz CT molecular complexity index is 1010. The Kier molecular flexibility index (Phi) is 5.91. The van der Waals surface area contributed by atoms with Crippen LogP contribution in [-0.4, -0.2) is 47.0 Å². The van der Waals surface area contributed by atoms with Gasteiger partial charge in [0, 0.05) is 25.1 Å². The smallest absolute Gasteiger partial charge is 0.268 e. The molecule has 2 aromatic heterocycles. The summed E-state index contributed by atoms with van der Waals surface area (Å²) in [4.78, 5) is 37.2. The van der Waals surface area contributed by atoms with E-state index in [9.17, 15) is 14.0 Å². The van der Waals surface area contributed by atoms with Gasteiger partial charge in [-0.05, 0) is 29.8 Å². The molecule has 0 bridgehead atoms. The molecule has 28 heavy (non-hydrogen) atoms. The number of H-pyrrole nitrogens is 1. The average molecular weight is 405 g/mol. The number of likely N-dealkylation sites (N-methyl/N-ethyl adjacent to an activating group) is 1. The second kappa shape index (κ2) is 8.37. The normalized spacial score (nSPS) is 12.0. The molecule has 3 rings (SSSR count). The van der Waals surface area contributed by atoms with Crippen molar-refractivity contribution < 1.29 is 18.8 Å². The highest BCUT2D eigenvalue weighted by Crippen LogP contribution is 2.18. The maximum Gasteiger partial charge on any atom is 0.268 e. The van der Waals surface area contributed by atoms with Gasteiger partial charge in [0.1, 0.15) is 23.2 Å². The third kappa shape index (κ3) is 4.47. The van der Waals surface area contributed by atoms with E-state index in [1.807, 2.05) is 0 Å². The molecule has 2 N–H and O–H groups in total. The lowest BCUT2D eigenvalue weighted by atomic mass is 10.0. The van der Waals surface area contributed by atoms with Crippen LogP contribution < -0.4 is 5.32 Å². The number of hydrogen-bond acceptors (Lipinski definition) is 4. The van der Waals surface area contributed by atoms with Crippen molar-refractivity contribution in [1.82, 2.24) is 20.3 Å².